The van der Waals surface area contributed by atoms with E-state index in [1.54, 1.807) is 0 Å². The topological polar surface area (TPSA) is 26.7 Å². The Morgan fingerprint density at radius 2 is 1.71 bits per heavy atom. The van der Waals surface area contributed by atoms with Crippen molar-refractivity contribution >= 4 is 11.6 Å². The monoisotopic (exact) mass is 310 g/mol. The molecule has 21 heavy (non-hydrogen) atoms. The van der Waals surface area contributed by atoms with Crippen LogP contribution in [0.3, 0.4) is 0 Å². The van der Waals surface area contributed by atoms with Gasteiger partial charge in [-0.25, -0.2) is 0 Å². The van der Waals surface area contributed by atoms with Crippen molar-refractivity contribution in [3.63, 3.8) is 0 Å². The van der Waals surface area contributed by atoms with Crippen molar-refractivity contribution < 1.29 is 5.11 Å². The van der Waals surface area contributed by atoms with E-state index in [2.05, 4.69) is 23.6 Å². The Balaban J connectivity index is 1.77. The van der Waals surface area contributed by atoms with E-state index in [0.717, 1.165) is 37.7 Å². The van der Waals surface area contributed by atoms with Crippen LogP contribution in [0.2, 0.25) is 5.02 Å². The summed E-state index contributed by atoms with van der Waals surface area (Å²) in [5.41, 5.74) is 0.835. The van der Waals surface area contributed by atoms with Gasteiger partial charge in [0.05, 0.1) is 6.10 Å². The molecule has 0 spiro atoms. The fourth-order valence-corrected chi connectivity index (χ4v) is 2.99. The summed E-state index contributed by atoms with van der Waals surface area (Å²) in [7, 11) is 0. The summed E-state index contributed by atoms with van der Waals surface area (Å²) in [6, 6.07) is 7.57. The number of piperazine rings is 1. The molecule has 4 heteroatoms. The zero-order valence-corrected chi connectivity index (χ0v) is 13.9. The number of nitrogens with zero attached hydrogens (tertiary/aromatic N) is 2. The first-order valence-corrected chi connectivity index (χ1v) is 8.31. The number of hydrogen-bond acceptors (Lipinski definition) is 3. The number of β-amino-alcohol motifs (C(OH)–C–C–N with tert-alkyl or cyclic N) is 1. The van der Waals surface area contributed by atoms with Gasteiger partial charge in [-0.1, -0.05) is 43.6 Å². The Kier molecular flexibility index (Phi) is 6.49. The molecule has 0 saturated carbocycles. The van der Waals surface area contributed by atoms with Gasteiger partial charge in [-0.05, 0) is 24.9 Å². The van der Waals surface area contributed by atoms with Crippen molar-refractivity contribution in [2.24, 2.45) is 5.92 Å². The van der Waals surface area contributed by atoms with Gasteiger partial charge in [0.15, 0.2) is 0 Å². The molecule has 0 aliphatic carbocycles. The second-order valence-electron chi connectivity index (χ2n) is 6.36. The lowest BCUT2D eigenvalue weighted by Crippen LogP contribution is -2.47. The standard InChI is InChI=1S/C17H27ClN2O/c1-14(2)7-8-19-9-11-20(12-10-19)13-17(21)15-5-3-4-6-16(15)18/h3-6,14,17,21H,7-13H2,1-2H3. The molecule has 0 radical (unpaired) electrons. The summed E-state index contributed by atoms with van der Waals surface area (Å²) >= 11 is 6.14. The second kappa shape index (κ2) is 8.14. The van der Waals surface area contributed by atoms with Gasteiger partial charge in [-0.2, -0.15) is 0 Å². The number of hydrogen-bond donors (Lipinski definition) is 1. The molecule has 1 saturated heterocycles. The minimum atomic E-state index is -0.499. The fraction of sp³-hybridized carbons (Fsp3) is 0.647. The maximum Gasteiger partial charge on any atom is 0.0931 e. The predicted octanol–water partition coefficient (Wildman–Crippen LogP) is 3.04. The molecule has 3 nitrogen and oxygen atoms in total. The van der Waals surface area contributed by atoms with Crippen LogP contribution in [0.25, 0.3) is 0 Å². The molecule has 1 aromatic rings. The molecule has 1 fully saturated rings. The molecule has 1 atom stereocenters. The maximum absolute atomic E-state index is 10.4. The summed E-state index contributed by atoms with van der Waals surface area (Å²) in [6.45, 7) is 10.7. The van der Waals surface area contributed by atoms with Crippen LogP contribution in [0.4, 0.5) is 0 Å². The van der Waals surface area contributed by atoms with Crippen LogP contribution >= 0.6 is 11.6 Å². The van der Waals surface area contributed by atoms with Gasteiger partial charge < -0.3 is 10.0 Å². The zero-order valence-electron chi connectivity index (χ0n) is 13.1. The Labute approximate surface area is 133 Å². The average Bonchev–Trinajstić information content (AvgIpc) is 2.47. The van der Waals surface area contributed by atoms with Crippen LogP contribution in [-0.2, 0) is 0 Å². The van der Waals surface area contributed by atoms with E-state index < -0.39 is 6.10 Å². The molecule has 0 amide bonds. The summed E-state index contributed by atoms with van der Waals surface area (Å²) in [5, 5.41) is 11.0. The zero-order chi connectivity index (χ0) is 15.2. The lowest BCUT2D eigenvalue weighted by Gasteiger charge is -2.36. The van der Waals surface area contributed by atoms with E-state index in [4.69, 9.17) is 11.6 Å². The molecule has 0 bridgehead atoms. The molecule has 1 aliphatic rings. The SMILES string of the molecule is CC(C)CCN1CCN(CC(O)c2ccccc2Cl)CC1. The van der Waals surface area contributed by atoms with Gasteiger partial charge in [0, 0.05) is 43.3 Å². The molecule has 1 N–H and O–H groups in total. The highest BCUT2D eigenvalue weighted by atomic mass is 35.5. The van der Waals surface area contributed by atoms with Crippen molar-refractivity contribution in [3.05, 3.63) is 34.9 Å². The van der Waals surface area contributed by atoms with Crippen LogP contribution in [0.15, 0.2) is 24.3 Å². The van der Waals surface area contributed by atoms with E-state index >= 15 is 0 Å². The van der Waals surface area contributed by atoms with Crippen molar-refractivity contribution in [1.82, 2.24) is 9.80 Å². The lowest BCUT2D eigenvalue weighted by molar-refractivity contribution is 0.0711. The summed E-state index contributed by atoms with van der Waals surface area (Å²) in [4.78, 5) is 4.86. The molecule has 1 unspecified atom stereocenters. The highest BCUT2D eigenvalue weighted by molar-refractivity contribution is 6.31. The Bertz CT molecular complexity index is 431. The normalized spacial score (nSPS) is 19.1. The van der Waals surface area contributed by atoms with Gasteiger partial charge >= 0.3 is 0 Å². The lowest BCUT2D eigenvalue weighted by atomic mass is 10.1. The fourth-order valence-electron chi connectivity index (χ4n) is 2.72. The van der Waals surface area contributed by atoms with Crippen molar-refractivity contribution in [1.29, 1.82) is 0 Å². The minimum absolute atomic E-state index is 0.499. The van der Waals surface area contributed by atoms with Crippen LogP contribution in [0.1, 0.15) is 31.9 Å². The number of rotatable bonds is 6. The number of halogens is 1. The molecule has 2 rings (SSSR count). The van der Waals surface area contributed by atoms with E-state index in [0.29, 0.717) is 11.6 Å². The number of benzene rings is 1. The first kappa shape index (κ1) is 16.8. The van der Waals surface area contributed by atoms with Gasteiger partial charge in [-0.3, -0.25) is 4.90 Å². The molecular weight excluding hydrogens is 284 g/mol. The second-order valence-corrected chi connectivity index (χ2v) is 6.77. The third kappa shape index (κ3) is 5.26. The summed E-state index contributed by atoms with van der Waals surface area (Å²) in [5.74, 6) is 0.769. The van der Waals surface area contributed by atoms with Crippen molar-refractivity contribution in [2.75, 3.05) is 39.3 Å². The van der Waals surface area contributed by atoms with E-state index in [9.17, 15) is 5.11 Å². The van der Waals surface area contributed by atoms with Gasteiger partial charge in [0.25, 0.3) is 0 Å². The summed E-state index contributed by atoms with van der Waals surface area (Å²) in [6.07, 6.45) is 0.767. The molecule has 1 aliphatic heterocycles. The average molecular weight is 311 g/mol. The summed E-state index contributed by atoms with van der Waals surface area (Å²) < 4.78 is 0. The third-order valence-corrected chi connectivity index (χ3v) is 4.53. The van der Waals surface area contributed by atoms with Gasteiger partial charge in [0.2, 0.25) is 0 Å². The highest BCUT2D eigenvalue weighted by Crippen LogP contribution is 2.23. The quantitative estimate of drug-likeness (QED) is 0.875. The van der Waals surface area contributed by atoms with Crippen LogP contribution in [-0.4, -0.2) is 54.2 Å². The van der Waals surface area contributed by atoms with E-state index in [1.807, 2.05) is 24.3 Å². The van der Waals surface area contributed by atoms with Gasteiger partial charge in [0.1, 0.15) is 0 Å². The molecule has 1 heterocycles. The van der Waals surface area contributed by atoms with Crippen LogP contribution < -0.4 is 0 Å². The molecule has 118 valence electrons. The molecule has 1 aromatic carbocycles. The molecular formula is C17H27ClN2O. The Morgan fingerprint density at radius 3 is 2.33 bits per heavy atom. The maximum atomic E-state index is 10.4. The van der Waals surface area contributed by atoms with Crippen LogP contribution in [0, 0.1) is 5.92 Å². The van der Waals surface area contributed by atoms with Crippen molar-refractivity contribution in [2.45, 2.75) is 26.4 Å². The Morgan fingerprint density at radius 1 is 1.10 bits per heavy atom. The molecule has 0 aromatic heterocycles. The largest absolute Gasteiger partial charge is 0.387 e. The number of aliphatic hydroxyl groups is 1. The van der Waals surface area contributed by atoms with E-state index in [-0.39, 0.29) is 0 Å². The number of aliphatic hydroxyl groups excluding tert-OH is 1. The Hall–Kier alpha value is -0.610. The third-order valence-electron chi connectivity index (χ3n) is 4.18. The predicted molar refractivity (Wildman–Crippen MR) is 88.7 cm³/mol. The first-order chi connectivity index (χ1) is 10.1. The van der Waals surface area contributed by atoms with E-state index in [1.165, 1.54) is 13.0 Å². The minimum Gasteiger partial charge on any atom is -0.387 e. The smallest absolute Gasteiger partial charge is 0.0931 e. The van der Waals surface area contributed by atoms with Crippen LogP contribution in [0.5, 0.6) is 0 Å². The first-order valence-electron chi connectivity index (χ1n) is 7.93. The van der Waals surface area contributed by atoms with Crippen molar-refractivity contribution in [3.8, 4) is 0 Å². The highest BCUT2D eigenvalue weighted by Gasteiger charge is 2.20. The van der Waals surface area contributed by atoms with Gasteiger partial charge in [-0.15, -0.1) is 0 Å².